The maximum atomic E-state index is 10.9. The van der Waals surface area contributed by atoms with Gasteiger partial charge in [0, 0.05) is 24.6 Å². The van der Waals surface area contributed by atoms with E-state index in [1.54, 1.807) is 12.1 Å². The molecule has 17 heavy (non-hydrogen) atoms. The van der Waals surface area contributed by atoms with Crippen LogP contribution in [0.2, 0.25) is 0 Å². The summed E-state index contributed by atoms with van der Waals surface area (Å²) in [7, 11) is 0. The van der Waals surface area contributed by atoms with Crippen LogP contribution in [0.3, 0.4) is 0 Å². The molecule has 1 aromatic carbocycles. The molecule has 0 fully saturated rings. The minimum atomic E-state index is -0.104. The molecule has 0 radical (unpaired) electrons. The standard InChI is InChI=1S/C12H16ClNO3/c1-10(15)14-11-3-2-4-12(9-11)17-8-7-16-6-5-13/h2-4,9H,5-8H2,1H3,(H,14,15). The zero-order valence-electron chi connectivity index (χ0n) is 9.74. The normalized spacial score (nSPS) is 10.0. The number of rotatable bonds is 7. The summed E-state index contributed by atoms with van der Waals surface area (Å²) < 4.78 is 10.6. The van der Waals surface area contributed by atoms with Crippen molar-refractivity contribution in [3.8, 4) is 5.75 Å². The monoisotopic (exact) mass is 257 g/mol. The Morgan fingerprint density at radius 2 is 2.18 bits per heavy atom. The van der Waals surface area contributed by atoms with Gasteiger partial charge in [0.2, 0.25) is 5.91 Å². The Morgan fingerprint density at radius 1 is 1.35 bits per heavy atom. The molecule has 1 N–H and O–H groups in total. The Bertz CT molecular complexity index is 357. The molecule has 0 heterocycles. The molecule has 0 aliphatic carbocycles. The van der Waals surface area contributed by atoms with Crippen molar-refractivity contribution in [3.63, 3.8) is 0 Å². The van der Waals surface area contributed by atoms with Gasteiger partial charge < -0.3 is 14.8 Å². The fraction of sp³-hybridized carbons (Fsp3) is 0.417. The molecule has 0 saturated carbocycles. The van der Waals surface area contributed by atoms with Gasteiger partial charge in [0.15, 0.2) is 0 Å². The molecule has 5 heteroatoms. The number of anilines is 1. The number of amides is 1. The van der Waals surface area contributed by atoms with Crippen molar-refractivity contribution in [1.82, 2.24) is 0 Å². The third-order valence-corrected chi connectivity index (χ3v) is 2.03. The van der Waals surface area contributed by atoms with E-state index in [-0.39, 0.29) is 5.91 Å². The molecule has 0 unspecified atom stereocenters. The van der Waals surface area contributed by atoms with Crippen molar-refractivity contribution in [2.45, 2.75) is 6.92 Å². The first-order chi connectivity index (χ1) is 8.22. The highest BCUT2D eigenvalue weighted by Gasteiger charge is 1.98. The number of hydrogen-bond acceptors (Lipinski definition) is 3. The summed E-state index contributed by atoms with van der Waals surface area (Å²) in [5.41, 5.74) is 0.719. The predicted molar refractivity (Wildman–Crippen MR) is 67.8 cm³/mol. The molecule has 0 bridgehead atoms. The minimum Gasteiger partial charge on any atom is -0.491 e. The summed E-state index contributed by atoms with van der Waals surface area (Å²) in [6.07, 6.45) is 0. The van der Waals surface area contributed by atoms with Crippen LogP contribution in [0, 0.1) is 0 Å². The van der Waals surface area contributed by atoms with Gasteiger partial charge >= 0.3 is 0 Å². The highest BCUT2D eigenvalue weighted by Crippen LogP contribution is 2.17. The van der Waals surface area contributed by atoms with E-state index in [2.05, 4.69) is 5.32 Å². The average Bonchev–Trinajstić information content (AvgIpc) is 2.28. The lowest BCUT2D eigenvalue weighted by molar-refractivity contribution is -0.114. The zero-order chi connectivity index (χ0) is 12.5. The second kappa shape index (κ2) is 7.92. The average molecular weight is 258 g/mol. The van der Waals surface area contributed by atoms with Crippen LogP contribution < -0.4 is 10.1 Å². The summed E-state index contributed by atoms with van der Waals surface area (Å²) in [6, 6.07) is 7.22. The number of carbonyl (C=O) groups excluding carboxylic acids is 1. The molecule has 1 aromatic rings. The van der Waals surface area contributed by atoms with E-state index in [0.29, 0.717) is 31.5 Å². The number of nitrogens with one attached hydrogen (secondary N) is 1. The molecule has 4 nitrogen and oxygen atoms in total. The first kappa shape index (κ1) is 13.8. The smallest absolute Gasteiger partial charge is 0.221 e. The number of carbonyl (C=O) groups is 1. The molecule has 0 aliphatic heterocycles. The van der Waals surface area contributed by atoms with Crippen LogP contribution in [-0.4, -0.2) is 31.6 Å². The topological polar surface area (TPSA) is 47.6 Å². The Kier molecular flexibility index (Phi) is 6.43. The van der Waals surface area contributed by atoms with E-state index in [9.17, 15) is 4.79 Å². The van der Waals surface area contributed by atoms with E-state index < -0.39 is 0 Å². The number of alkyl halides is 1. The number of benzene rings is 1. The molecule has 0 saturated heterocycles. The maximum Gasteiger partial charge on any atom is 0.221 e. The second-order valence-electron chi connectivity index (χ2n) is 3.36. The van der Waals surface area contributed by atoms with Crippen molar-refractivity contribution < 1.29 is 14.3 Å². The summed E-state index contributed by atoms with van der Waals surface area (Å²) in [4.78, 5) is 10.9. The van der Waals surface area contributed by atoms with Gasteiger partial charge in [0.25, 0.3) is 0 Å². The van der Waals surface area contributed by atoms with E-state index in [0.717, 1.165) is 5.69 Å². The Morgan fingerprint density at radius 3 is 2.88 bits per heavy atom. The van der Waals surface area contributed by atoms with Crippen LogP contribution in [0.4, 0.5) is 5.69 Å². The van der Waals surface area contributed by atoms with Crippen molar-refractivity contribution in [1.29, 1.82) is 0 Å². The first-order valence-electron chi connectivity index (χ1n) is 5.36. The largest absolute Gasteiger partial charge is 0.491 e. The van der Waals surface area contributed by atoms with Crippen molar-refractivity contribution >= 4 is 23.2 Å². The van der Waals surface area contributed by atoms with E-state index >= 15 is 0 Å². The van der Waals surface area contributed by atoms with E-state index in [4.69, 9.17) is 21.1 Å². The lowest BCUT2D eigenvalue weighted by Crippen LogP contribution is -2.09. The van der Waals surface area contributed by atoms with Gasteiger partial charge in [-0.15, -0.1) is 11.6 Å². The number of ether oxygens (including phenoxy) is 2. The van der Waals surface area contributed by atoms with Crippen molar-refractivity contribution in [2.24, 2.45) is 0 Å². The minimum absolute atomic E-state index is 0.104. The Balaban J connectivity index is 2.35. The Hall–Kier alpha value is -1.26. The van der Waals surface area contributed by atoms with Crippen molar-refractivity contribution in [2.75, 3.05) is 31.0 Å². The molecular weight excluding hydrogens is 242 g/mol. The Labute approximate surface area is 106 Å². The quantitative estimate of drug-likeness (QED) is 0.602. The predicted octanol–water partition coefficient (Wildman–Crippen LogP) is 2.28. The number of halogens is 1. The van der Waals surface area contributed by atoms with Gasteiger partial charge in [0.05, 0.1) is 13.2 Å². The van der Waals surface area contributed by atoms with Crippen LogP contribution in [-0.2, 0) is 9.53 Å². The van der Waals surface area contributed by atoms with Crippen LogP contribution in [0.25, 0.3) is 0 Å². The van der Waals surface area contributed by atoms with Crippen LogP contribution in [0.15, 0.2) is 24.3 Å². The van der Waals surface area contributed by atoms with Crippen LogP contribution in [0.1, 0.15) is 6.92 Å². The second-order valence-corrected chi connectivity index (χ2v) is 3.74. The zero-order valence-corrected chi connectivity index (χ0v) is 10.5. The van der Waals surface area contributed by atoms with Gasteiger partial charge in [-0.25, -0.2) is 0 Å². The highest BCUT2D eigenvalue weighted by atomic mass is 35.5. The van der Waals surface area contributed by atoms with Crippen LogP contribution in [0.5, 0.6) is 5.75 Å². The summed E-state index contributed by atoms with van der Waals surface area (Å²) >= 11 is 5.46. The number of hydrogen-bond donors (Lipinski definition) is 1. The molecule has 0 atom stereocenters. The van der Waals surface area contributed by atoms with Gasteiger partial charge in [-0.2, -0.15) is 0 Å². The van der Waals surface area contributed by atoms with E-state index in [1.165, 1.54) is 6.92 Å². The van der Waals surface area contributed by atoms with Gasteiger partial charge in [-0.05, 0) is 12.1 Å². The van der Waals surface area contributed by atoms with Gasteiger partial charge in [-0.3, -0.25) is 4.79 Å². The molecule has 0 spiro atoms. The first-order valence-corrected chi connectivity index (χ1v) is 5.90. The summed E-state index contributed by atoms with van der Waals surface area (Å²) in [5.74, 6) is 1.08. The van der Waals surface area contributed by atoms with Gasteiger partial charge in [-0.1, -0.05) is 6.07 Å². The highest BCUT2D eigenvalue weighted by molar-refractivity contribution is 6.17. The molecule has 1 amide bonds. The third-order valence-electron chi connectivity index (χ3n) is 1.87. The lowest BCUT2D eigenvalue weighted by Gasteiger charge is -2.08. The maximum absolute atomic E-state index is 10.9. The molecule has 94 valence electrons. The van der Waals surface area contributed by atoms with Crippen molar-refractivity contribution in [3.05, 3.63) is 24.3 Å². The van der Waals surface area contributed by atoms with E-state index in [1.807, 2.05) is 12.1 Å². The fourth-order valence-corrected chi connectivity index (χ4v) is 1.35. The molecular formula is C12H16ClNO3. The lowest BCUT2D eigenvalue weighted by atomic mass is 10.3. The third kappa shape index (κ3) is 6.14. The summed E-state index contributed by atoms with van der Waals surface area (Å²) in [6.45, 7) is 2.95. The fourth-order valence-electron chi connectivity index (χ4n) is 1.24. The molecule has 0 aliphatic rings. The molecule has 0 aromatic heterocycles. The summed E-state index contributed by atoms with van der Waals surface area (Å²) in [5, 5.41) is 2.69. The SMILES string of the molecule is CC(=O)Nc1cccc(OCCOCCCl)c1. The van der Waals surface area contributed by atoms with Gasteiger partial charge in [0.1, 0.15) is 12.4 Å². The van der Waals surface area contributed by atoms with Crippen LogP contribution >= 0.6 is 11.6 Å². The molecule has 1 rings (SSSR count).